The summed E-state index contributed by atoms with van der Waals surface area (Å²) in [5, 5.41) is 9.28. The van der Waals surface area contributed by atoms with Crippen molar-refractivity contribution in [3.05, 3.63) is 94.0 Å². The van der Waals surface area contributed by atoms with E-state index in [4.69, 9.17) is 14.2 Å². The lowest BCUT2D eigenvalue weighted by Crippen LogP contribution is -2.47. The zero-order valence-corrected chi connectivity index (χ0v) is 21.1. The van der Waals surface area contributed by atoms with Crippen molar-refractivity contribution in [2.75, 3.05) is 39.5 Å². The van der Waals surface area contributed by atoms with E-state index in [0.29, 0.717) is 13.2 Å². The molecule has 0 aromatic heterocycles. The molecule has 1 saturated heterocycles. The van der Waals surface area contributed by atoms with E-state index >= 15 is 0 Å². The van der Waals surface area contributed by atoms with Gasteiger partial charge in [0.25, 0.3) is 0 Å². The molecule has 3 aromatic rings. The van der Waals surface area contributed by atoms with Crippen molar-refractivity contribution in [1.29, 1.82) is 0 Å². The summed E-state index contributed by atoms with van der Waals surface area (Å²) in [7, 11) is 0. The molecule has 0 spiro atoms. The molecule has 2 aliphatic rings. The fraction of sp³-hybridized carbons (Fsp3) is 0.286. The van der Waals surface area contributed by atoms with E-state index in [-0.39, 0.29) is 25.7 Å². The number of fused-ring (bicyclic) bond motifs is 3. The molecule has 0 bridgehead atoms. The van der Waals surface area contributed by atoms with Gasteiger partial charge in [-0.05, 0) is 39.9 Å². The van der Waals surface area contributed by atoms with Crippen molar-refractivity contribution < 1.29 is 28.9 Å². The Balaban J connectivity index is 1.36. The number of carbonyl (C=O) groups excluding carboxylic acids is 1. The topological polar surface area (TPSA) is 85.3 Å². The van der Waals surface area contributed by atoms with Crippen LogP contribution in [0.5, 0.6) is 0 Å². The maximum absolute atomic E-state index is 13.3. The Labute approximate surface area is 217 Å². The summed E-state index contributed by atoms with van der Waals surface area (Å²) in [5.41, 5.74) is 4.19. The smallest absolute Gasteiger partial charge is 0.409 e. The van der Waals surface area contributed by atoms with Crippen LogP contribution >= 0.6 is 15.9 Å². The van der Waals surface area contributed by atoms with Gasteiger partial charge in [-0.15, -0.1) is 0 Å². The molecule has 1 heterocycles. The lowest BCUT2D eigenvalue weighted by atomic mass is 9.93. The quantitative estimate of drug-likeness (QED) is 0.462. The third kappa shape index (κ3) is 4.89. The zero-order valence-electron chi connectivity index (χ0n) is 19.6. The number of hydrogen-bond acceptors (Lipinski definition) is 5. The Morgan fingerprint density at radius 1 is 1.00 bits per heavy atom. The van der Waals surface area contributed by atoms with Crippen LogP contribution in [0.25, 0.3) is 11.1 Å². The number of rotatable bonds is 6. The molecule has 1 aliphatic carbocycles. The van der Waals surface area contributed by atoms with Crippen LogP contribution in [0.15, 0.2) is 77.3 Å². The molecular formula is C28H26BrNO6. The molecule has 1 amide bonds. The Bertz CT molecular complexity index is 1220. The van der Waals surface area contributed by atoms with Gasteiger partial charge in [0.05, 0.1) is 19.8 Å². The van der Waals surface area contributed by atoms with Gasteiger partial charge in [0.2, 0.25) is 0 Å². The van der Waals surface area contributed by atoms with Crippen LogP contribution in [0, 0.1) is 0 Å². The largest absolute Gasteiger partial charge is 0.480 e. The first-order valence-electron chi connectivity index (χ1n) is 11.8. The van der Waals surface area contributed by atoms with Crippen LogP contribution in [0.1, 0.15) is 22.6 Å². The summed E-state index contributed by atoms with van der Waals surface area (Å²) in [6, 6.07) is 23.7. The SMILES string of the molecule is O=C(O)COC1(c2ccc(Br)cc2)COCCN(C(=O)OCC2c3ccccc3-c3ccccc32)C1. The van der Waals surface area contributed by atoms with E-state index in [9.17, 15) is 14.7 Å². The van der Waals surface area contributed by atoms with Crippen LogP contribution in [-0.4, -0.2) is 61.6 Å². The van der Waals surface area contributed by atoms with Gasteiger partial charge >= 0.3 is 12.1 Å². The maximum Gasteiger partial charge on any atom is 0.409 e. The summed E-state index contributed by atoms with van der Waals surface area (Å²) in [6.07, 6.45) is -0.484. The number of amides is 1. The van der Waals surface area contributed by atoms with Gasteiger partial charge in [0, 0.05) is 16.9 Å². The minimum atomic E-state index is -1.14. The molecule has 1 N–H and O–H groups in total. The van der Waals surface area contributed by atoms with E-state index < -0.39 is 24.3 Å². The van der Waals surface area contributed by atoms with E-state index in [1.54, 1.807) is 4.90 Å². The summed E-state index contributed by atoms with van der Waals surface area (Å²) < 4.78 is 18.4. The van der Waals surface area contributed by atoms with Crippen molar-refractivity contribution in [3.8, 4) is 11.1 Å². The molecule has 0 radical (unpaired) electrons. The number of nitrogens with zero attached hydrogens (tertiary/aromatic N) is 1. The second-order valence-electron chi connectivity index (χ2n) is 8.96. The van der Waals surface area contributed by atoms with Gasteiger partial charge in [-0.3, -0.25) is 0 Å². The number of carboxylic acids is 1. The number of hydrogen-bond donors (Lipinski definition) is 1. The lowest BCUT2D eigenvalue weighted by molar-refractivity contribution is -0.155. The number of halogens is 1. The molecular weight excluding hydrogens is 526 g/mol. The van der Waals surface area contributed by atoms with Crippen molar-refractivity contribution in [1.82, 2.24) is 4.90 Å². The highest BCUT2D eigenvalue weighted by molar-refractivity contribution is 9.10. The average Bonchev–Trinajstić information content (AvgIpc) is 3.04. The van der Waals surface area contributed by atoms with Crippen LogP contribution in [0.3, 0.4) is 0 Å². The van der Waals surface area contributed by atoms with Gasteiger partial charge < -0.3 is 24.2 Å². The molecule has 8 heteroatoms. The first kappa shape index (κ1) is 24.5. The van der Waals surface area contributed by atoms with Crippen LogP contribution < -0.4 is 0 Å². The maximum atomic E-state index is 13.3. The van der Waals surface area contributed by atoms with Crippen LogP contribution in [-0.2, 0) is 24.6 Å². The summed E-state index contributed by atoms with van der Waals surface area (Å²) in [6.45, 7) is 0.515. The van der Waals surface area contributed by atoms with Gasteiger partial charge in [-0.2, -0.15) is 0 Å². The fourth-order valence-corrected chi connectivity index (χ4v) is 5.25. The third-order valence-corrected chi connectivity index (χ3v) is 7.25. The van der Waals surface area contributed by atoms with Crippen molar-refractivity contribution in [2.45, 2.75) is 11.5 Å². The Hall–Kier alpha value is -3.20. The molecule has 3 aromatic carbocycles. The molecule has 36 heavy (non-hydrogen) atoms. The first-order chi connectivity index (χ1) is 17.5. The molecule has 186 valence electrons. The predicted molar refractivity (Wildman–Crippen MR) is 137 cm³/mol. The van der Waals surface area contributed by atoms with E-state index in [0.717, 1.165) is 32.3 Å². The molecule has 7 nitrogen and oxygen atoms in total. The Kier molecular flexibility index (Phi) is 7.09. The lowest BCUT2D eigenvalue weighted by Gasteiger charge is -2.35. The van der Waals surface area contributed by atoms with Crippen molar-refractivity contribution >= 4 is 28.0 Å². The molecule has 1 aliphatic heterocycles. The number of ether oxygens (including phenoxy) is 3. The summed E-state index contributed by atoms with van der Waals surface area (Å²) in [4.78, 5) is 26.2. The Morgan fingerprint density at radius 2 is 1.64 bits per heavy atom. The molecule has 1 fully saturated rings. The number of aliphatic carboxylic acids is 1. The first-order valence-corrected chi connectivity index (χ1v) is 12.6. The van der Waals surface area contributed by atoms with Crippen molar-refractivity contribution in [3.63, 3.8) is 0 Å². The predicted octanol–water partition coefficient (Wildman–Crippen LogP) is 5.03. The van der Waals surface area contributed by atoms with Gasteiger partial charge in [0.1, 0.15) is 18.8 Å². The van der Waals surface area contributed by atoms with Crippen molar-refractivity contribution in [2.24, 2.45) is 0 Å². The minimum absolute atomic E-state index is 0.0518. The summed E-state index contributed by atoms with van der Waals surface area (Å²) in [5.74, 6) is -1.15. The number of carboxylic acid groups (broad SMARTS) is 1. The second-order valence-corrected chi connectivity index (χ2v) is 9.88. The average molecular weight is 552 g/mol. The highest BCUT2D eigenvalue weighted by Gasteiger charge is 2.41. The summed E-state index contributed by atoms with van der Waals surface area (Å²) >= 11 is 3.42. The highest BCUT2D eigenvalue weighted by atomic mass is 79.9. The van der Waals surface area contributed by atoms with Gasteiger partial charge in [0.15, 0.2) is 0 Å². The molecule has 0 saturated carbocycles. The molecule has 1 unspecified atom stereocenters. The van der Waals surface area contributed by atoms with Crippen LogP contribution in [0.2, 0.25) is 0 Å². The van der Waals surface area contributed by atoms with E-state index in [1.165, 1.54) is 0 Å². The van der Waals surface area contributed by atoms with Gasteiger partial charge in [-0.1, -0.05) is 76.6 Å². The third-order valence-electron chi connectivity index (χ3n) is 6.72. The fourth-order valence-electron chi connectivity index (χ4n) is 4.98. The van der Waals surface area contributed by atoms with E-state index in [1.807, 2.05) is 48.5 Å². The Morgan fingerprint density at radius 3 is 2.28 bits per heavy atom. The number of benzene rings is 3. The van der Waals surface area contributed by atoms with Crippen LogP contribution in [0.4, 0.5) is 4.79 Å². The minimum Gasteiger partial charge on any atom is -0.480 e. The zero-order chi connectivity index (χ0) is 25.1. The normalized spacial score (nSPS) is 19.3. The van der Waals surface area contributed by atoms with Gasteiger partial charge in [-0.25, -0.2) is 9.59 Å². The molecule has 5 rings (SSSR count). The second kappa shape index (κ2) is 10.4. The number of carbonyl (C=O) groups is 2. The van der Waals surface area contributed by atoms with E-state index in [2.05, 4.69) is 40.2 Å². The highest BCUT2D eigenvalue weighted by Crippen LogP contribution is 2.44. The standard InChI is InChI=1S/C28H26BrNO6/c29-20-11-9-19(10-12-20)28(36-16-26(31)32)17-30(13-14-34-18-28)27(33)35-15-25-23-7-3-1-5-21(23)22-6-2-4-8-24(22)25/h1-12,25H,13-18H2,(H,31,32). The molecule has 1 atom stereocenters. The monoisotopic (exact) mass is 551 g/mol.